The van der Waals surface area contributed by atoms with Gasteiger partial charge in [0.05, 0.1) is 17.6 Å². The molecule has 0 aromatic heterocycles. The Labute approximate surface area is 91.2 Å². The molecule has 0 aliphatic rings. The minimum Gasteiger partial charge on any atom is -0.391 e. The van der Waals surface area contributed by atoms with E-state index < -0.39 is 11.5 Å². The fourth-order valence-electron chi connectivity index (χ4n) is 1.38. The Morgan fingerprint density at radius 2 is 1.93 bits per heavy atom. The summed E-state index contributed by atoms with van der Waals surface area (Å²) in [5, 5.41) is 18.7. The molecule has 0 aliphatic carbocycles. The summed E-state index contributed by atoms with van der Waals surface area (Å²) in [6.45, 7) is 3.53. The number of hydrogen-bond acceptors (Lipinski definition) is 2. The molecule has 1 rings (SSSR count). The molecule has 1 atom stereocenters. The molecule has 0 aliphatic heterocycles. The molecule has 2 nitrogen and oxygen atoms in total. The molecular weight excluding hydrogens is 186 g/mol. The first-order valence-corrected chi connectivity index (χ1v) is 5.19. The van der Waals surface area contributed by atoms with Crippen molar-refractivity contribution >= 4 is 0 Å². The van der Waals surface area contributed by atoms with Crippen molar-refractivity contribution in [2.75, 3.05) is 0 Å². The van der Waals surface area contributed by atoms with Gasteiger partial charge in [-0.3, -0.25) is 0 Å². The third-order valence-corrected chi connectivity index (χ3v) is 2.67. The van der Waals surface area contributed by atoms with E-state index in [9.17, 15) is 5.11 Å². The van der Waals surface area contributed by atoms with Gasteiger partial charge in [0, 0.05) is 0 Å². The second-order valence-electron chi connectivity index (χ2n) is 4.37. The Hall–Kier alpha value is -1.33. The van der Waals surface area contributed by atoms with E-state index in [2.05, 4.69) is 6.07 Å². The Kier molecular flexibility index (Phi) is 3.88. The van der Waals surface area contributed by atoms with Crippen LogP contribution in [0.25, 0.3) is 0 Å². The molecule has 0 saturated heterocycles. The van der Waals surface area contributed by atoms with E-state index in [-0.39, 0.29) is 0 Å². The van der Waals surface area contributed by atoms with Crippen LogP contribution in [0, 0.1) is 16.7 Å². The highest BCUT2D eigenvalue weighted by Gasteiger charge is 2.26. The van der Waals surface area contributed by atoms with Gasteiger partial charge in [0.2, 0.25) is 0 Å². The van der Waals surface area contributed by atoms with E-state index in [1.807, 2.05) is 30.3 Å². The Bertz CT molecular complexity index is 337. The number of nitrogens with zero attached hydrogens (tertiary/aromatic N) is 1. The summed E-state index contributed by atoms with van der Waals surface area (Å²) >= 11 is 0. The van der Waals surface area contributed by atoms with E-state index in [4.69, 9.17) is 5.26 Å². The van der Waals surface area contributed by atoms with Crippen molar-refractivity contribution in [1.29, 1.82) is 5.26 Å². The Morgan fingerprint density at radius 1 is 1.33 bits per heavy atom. The van der Waals surface area contributed by atoms with Crippen molar-refractivity contribution in [3.8, 4) is 6.07 Å². The smallest absolute Gasteiger partial charge is 0.0776 e. The molecule has 0 fully saturated rings. The molecule has 80 valence electrons. The Morgan fingerprint density at radius 3 is 2.47 bits per heavy atom. The number of aliphatic hydroxyl groups excluding tert-OH is 1. The van der Waals surface area contributed by atoms with Crippen LogP contribution in [-0.2, 0) is 6.42 Å². The molecule has 0 saturated carbocycles. The SMILES string of the molecule is CC(C)(C#N)C(O)CCc1ccccc1. The van der Waals surface area contributed by atoms with Gasteiger partial charge in [-0.05, 0) is 32.3 Å². The Balaban J connectivity index is 2.49. The van der Waals surface area contributed by atoms with Crippen LogP contribution in [0.5, 0.6) is 0 Å². The zero-order valence-electron chi connectivity index (χ0n) is 9.27. The van der Waals surface area contributed by atoms with E-state index in [0.717, 1.165) is 6.42 Å². The van der Waals surface area contributed by atoms with Gasteiger partial charge < -0.3 is 5.11 Å². The van der Waals surface area contributed by atoms with Crippen molar-refractivity contribution in [2.45, 2.75) is 32.8 Å². The third-order valence-electron chi connectivity index (χ3n) is 2.67. The van der Waals surface area contributed by atoms with Gasteiger partial charge in [0.15, 0.2) is 0 Å². The van der Waals surface area contributed by atoms with Crippen LogP contribution in [0.15, 0.2) is 30.3 Å². The van der Waals surface area contributed by atoms with Crippen LogP contribution in [-0.4, -0.2) is 11.2 Å². The summed E-state index contributed by atoms with van der Waals surface area (Å²) in [6.07, 6.45) is 0.875. The molecule has 15 heavy (non-hydrogen) atoms. The second-order valence-corrected chi connectivity index (χ2v) is 4.37. The number of rotatable bonds is 4. The fraction of sp³-hybridized carbons (Fsp3) is 0.462. The zero-order valence-corrected chi connectivity index (χ0v) is 9.27. The van der Waals surface area contributed by atoms with E-state index in [0.29, 0.717) is 6.42 Å². The van der Waals surface area contributed by atoms with Crippen molar-refractivity contribution in [3.05, 3.63) is 35.9 Å². The van der Waals surface area contributed by atoms with E-state index in [1.54, 1.807) is 13.8 Å². The zero-order chi connectivity index (χ0) is 11.3. The van der Waals surface area contributed by atoms with Crippen molar-refractivity contribution in [3.63, 3.8) is 0 Å². The van der Waals surface area contributed by atoms with E-state index >= 15 is 0 Å². The lowest BCUT2D eigenvalue weighted by molar-refractivity contribution is 0.0787. The van der Waals surface area contributed by atoms with Gasteiger partial charge in [0.25, 0.3) is 0 Å². The maximum atomic E-state index is 9.82. The van der Waals surface area contributed by atoms with Crippen LogP contribution in [0.1, 0.15) is 25.8 Å². The molecule has 0 radical (unpaired) electrons. The van der Waals surface area contributed by atoms with Gasteiger partial charge in [-0.15, -0.1) is 0 Å². The largest absolute Gasteiger partial charge is 0.391 e. The molecule has 2 heteroatoms. The summed E-state index contributed by atoms with van der Waals surface area (Å²) in [5.74, 6) is 0. The van der Waals surface area contributed by atoms with Gasteiger partial charge >= 0.3 is 0 Å². The normalized spacial score (nSPS) is 13.2. The predicted molar refractivity (Wildman–Crippen MR) is 60.2 cm³/mol. The van der Waals surface area contributed by atoms with E-state index in [1.165, 1.54) is 5.56 Å². The van der Waals surface area contributed by atoms with Crippen LogP contribution in [0.3, 0.4) is 0 Å². The van der Waals surface area contributed by atoms with Gasteiger partial charge in [-0.2, -0.15) is 5.26 Å². The summed E-state index contributed by atoms with van der Waals surface area (Å²) < 4.78 is 0. The third kappa shape index (κ3) is 3.38. The fourth-order valence-corrected chi connectivity index (χ4v) is 1.38. The van der Waals surface area contributed by atoms with Crippen LogP contribution < -0.4 is 0 Å². The molecule has 0 heterocycles. The molecule has 0 spiro atoms. The van der Waals surface area contributed by atoms with Gasteiger partial charge in [-0.1, -0.05) is 30.3 Å². The first-order valence-electron chi connectivity index (χ1n) is 5.19. The van der Waals surface area contributed by atoms with Gasteiger partial charge in [-0.25, -0.2) is 0 Å². The number of benzene rings is 1. The first-order chi connectivity index (χ1) is 7.06. The molecule has 1 unspecified atom stereocenters. The molecule has 0 bridgehead atoms. The predicted octanol–water partition coefficient (Wildman–Crippen LogP) is 2.53. The highest BCUT2D eigenvalue weighted by atomic mass is 16.3. The van der Waals surface area contributed by atoms with Gasteiger partial charge in [0.1, 0.15) is 0 Å². The number of aliphatic hydroxyl groups is 1. The summed E-state index contributed by atoms with van der Waals surface area (Å²) in [5.41, 5.74) is 0.541. The quantitative estimate of drug-likeness (QED) is 0.817. The van der Waals surface area contributed by atoms with Crippen molar-refractivity contribution < 1.29 is 5.11 Å². The topological polar surface area (TPSA) is 44.0 Å². The maximum Gasteiger partial charge on any atom is 0.0776 e. The molecular formula is C13H17NO. The average molecular weight is 203 g/mol. The average Bonchev–Trinajstić information content (AvgIpc) is 2.27. The number of nitriles is 1. The molecule has 1 N–H and O–H groups in total. The van der Waals surface area contributed by atoms with Crippen LogP contribution in [0.2, 0.25) is 0 Å². The number of aryl methyl sites for hydroxylation is 1. The summed E-state index contributed by atoms with van der Waals surface area (Å²) in [4.78, 5) is 0. The highest BCUT2D eigenvalue weighted by molar-refractivity contribution is 5.15. The lowest BCUT2D eigenvalue weighted by atomic mass is 9.85. The minimum atomic E-state index is -0.658. The van der Waals surface area contributed by atoms with Crippen molar-refractivity contribution in [1.82, 2.24) is 0 Å². The standard InChI is InChI=1S/C13H17NO/c1-13(2,10-14)12(15)9-8-11-6-4-3-5-7-11/h3-7,12,15H,8-9H2,1-2H3. The number of hydrogen-bond donors (Lipinski definition) is 1. The summed E-state index contributed by atoms with van der Waals surface area (Å²) in [6, 6.07) is 12.1. The minimum absolute atomic E-state index is 0.567. The highest BCUT2D eigenvalue weighted by Crippen LogP contribution is 2.22. The molecule has 1 aromatic carbocycles. The first kappa shape index (κ1) is 11.7. The summed E-state index contributed by atoms with van der Waals surface area (Å²) in [7, 11) is 0. The van der Waals surface area contributed by atoms with Crippen molar-refractivity contribution in [2.24, 2.45) is 5.41 Å². The molecule has 0 amide bonds. The lowest BCUT2D eigenvalue weighted by Crippen LogP contribution is -2.28. The molecule has 1 aromatic rings. The van der Waals surface area contributed by atoms with Crippen LogP contribution >= 0.6 is 0 Å². The monoisotopic (exact) mass is 203 g/mol. The second kappa shape index (κ2) is 4.95. The lowest BCUT2D eigenvalue weighted by Gasteiger charge is -2.22. The maximum absolute atomic E-state index is 9.82. The van der Waals surface area contributed by atoms with Crippen LogP contribution in [0.4, 0.5) is 0 Å².